The topological polar surface area (TPSA) is 55.8 Å². The molecular weight excluding hydrogens is 246 g/mol. The van der Waals surface area contributed by atoms with Crippen molar-refractivity contribution >= 4 is 5.97 Å². The Balaban J connectivity index is 1.85. The number of aliphatic carboxylic acids is 1. The molecule has 1 fully saturated rings. The molecule has 0 radical (unpaired) electrons. The van der Waals surface area contributed by atoms with Crippen molar-refractivity contribution in [3.63, 3.8) is 0 Å². The van der Waals surface area contributed by atoms with Gasteiger partial charge in [-0.2, -0.15) is 0 Å². The van der Waals surface area contributed by atoms with E-state index >= 15 is 0 Å². The molecule has 6 heteroatoms. The van der Waals surface area contributed by atoms with Crippen molar-refractivity contribution in [2.75, 3.05) is 6.61 Å². The number of halogens is 2. The van der Waals surface area contributed by atoms with E-state index in [2.05, 4.69) is 0 Å². The molecule has 0 aliphatic carbocycles. The first-order valence-electron chi connectivity index (χ1n) is 5.52. The summed E-state index contributed by atoms with van der Waals surface area (Å²) in [5.74, 6) is -2.73. The lowest BCUT2D eigenvalue weighted by Gasteiger charge is -2.12. The van der Waals surface area contributed by atoms with Gasteiger partial charge < -0.3 is 14.6 Å². The second-order valence-corrected chi connectivity index (χ2v) is 4.05. The van der Waals surface area contributed by atoms with E-state index in [0.717, 1.165) is 12.1 Å². The molecule has 2 atom stereocenters. The number of rotatable bonds is 4. The van der Waals surface area contributed by atoms with Crippen LogP contribution >= 0.6 is 0 Å². The Morgan fingerprint density at radius 1 is 1.39 bits per heavy atom. The fourth-order valence-electron chi connectivity index (χ4n) is 1.77. The van der Waals surface area contributed by atoms with Gasteiger partial charge in [-0.15, -0.1) is 0 Å². The number of carboxylic acids is 1. The minimum absolute atomic E-state index is 0.120. The number of carboxylic acid groups (broad SMARTS) is 1. The predicted octanol–water partition coefficient (Wildman–Crippen LogP) is 1.98. The molecule has 18 heavy (non-hydrogen) atoms. The lowest BCUT2D eigenvalue weighted by Crippen LogP contribution is -2.23. The van der Waals surface area contributed by atoms with Crippen LogP contribution in [-0.2, 0) is 9.53 Å². The summed E-state index contributed by atoms with van der Waals surface area (Å²) in [4.78, 5) is 10.6. The van der Waals surface area contributed by atoms with Gasteiger partial charge in [0.2, 0.25) is 0 Å². The van der Waals surface area contributed by atoms with Crippen LogP contribution in [0.4, 0.5) is 8.78 Å². The molecule has 0 bridgehead atoms. The van der Waals surface area contributed by atoms with E-state index in [1.54, 1.807) is 0 Å². The zero-order valence-corrected chi connectivity index (χ0v) is 9.44. The van der Waals surface area contributed by atoms with Crippen molar-refractivity contribution in [2.45, 2.75) is 25.0 Å². The number of hydrogen-bond acceptors (Lipinski definition) is 3. The lowest BCUT2D eigenvalue weighted by atomic mass is 10.2. The first-order valence-corrected chi connectivity index (χ1v) is 5.52. The van der Waals surface area contributed by atoms with Crippen molar-refractivity contribution in [3.8, 4) is 5.75 Å². The van der Waals surface area contributed by atoms with E-state index in [4.69, 9.17) is 14.6 Å². The molecular formula is C12H12F2O4. The summed E-state index contributed by atoms with van der Waals surface area (Å²) in [6.07, 6.45) is -0.135. The standard InChI is InChI=1S/C12H12F2O4/c13-9-3-1-7(5-10(9)14)17-6-8-2-4-11(18-8)12(15)16/h1,3,5,8,11H,2,4,6H2,(H,15,16). The molecule has 2 unspecified atom stereocenters. The van der Waals surface area contributed by atoms with Crippen LogP contribution in [0, 0.1) is 11.6 Å². The molecule has 1 N–H and O–H groups in total. The highest BCUT2D eigenvalue weighted by Crippen LogP contribution is 2.22. The van der Waals surface area contributed by atoms with Gasteiger partial charge in [-0.25, -0.2) is 13.6 Å². The van der Waals surface area contributed by atoms with Crippen molar-refractivity contribution in [3.05, 3.63) is 29.8 Å². The van der Waals surface area contributed by atoms with Gasteiger partial charge in [0.1, 0.15) is 12.4 Å². The van der Waals surface area contributed by atoms with E-state index in [1.807, 2.05) is 0 Å². The van der Waals surface area contributed by atoms with Gasteiger partial charge in [-0.05, 0) is 25.0 Å². The van der Waals surface area contributed by atoms with E-state index in [1.165, 1.54) is 6.07 Å². The van der Waals surface area contributed by atoms with E-state index in [0.29, 0.717) is 12.8 Å². The molecule has 98 valence electrons. The van der Waals surface area contributed by atoms with Gasteiger partial charge in [0.15, 0.2) is 17.7 Å². The summed E-state index contributed by atoms with van der Waals surface area (Å²) >= 11 is 0. The summed E-state index contributed by atoms with van der Waals surface area (Å²) in [6, 6.07) is 3.22. The summed E-state index contributed by atoms with van der Waals surface area (Å²) in [7, 11) is 0. The van der Waals surface area contributed by atoms with Crippen LogP contribution in [-0.4, -0.2) is 29.9 Å². The molecule has 4 nitrogen and oxygen atoms in total. The highest BCUT2D eigenvalue weighted by molar-refractivity contribution is 5.72. The fraction of sp³-hybridized carbons (Fsp3) is 0.417. The van der Waals surface area contributed by atoms with Crippen LogP contribution in [0.2, 0.25) is 0 Å². The Bertz CT molecular complexity index is 450. The number of carbonyl (C=O) groups is 1. The average molecular weight is 258 g/mol. The Morgan fingerprint density at radius 2 is 2.17 bits per heavy atom. The second kappa shape index (κ2) is 5.30. The maximum absolute atomic E-state index is 12.9. The highest BCUT2D eigenvalue weighted by Gasteiger charge is 2.30. The summed E-state index contributed by atoms with van der Waals surface area (Å²) in [5.41, 5.74) is 0. The Hall–Kier alpha value is -1.69. The van der Waals surface area contributed by atoms with Gasteiger partial charge in [0.25, 0.3) is 0 Å². The van der Waals surface area contributed by atoms with Crippen LogP contribution < -0.4 is 4.74 Å². The van der Waals surface area contributed by atoms with Crippen LogP contribution in [0.15, 0.2) is 18.2 Å². The predicted molar refractivity (Wildman–Crippen MR) is 57.4 cm³/mol. The first kappa shape index (κ1) is 12.8. The molecule has 1 aliphatic rings. The number of hydrogen-bond donors (Lipinski definition) is 1. The molecule has 0 amide bonds. The van der Waals surface area contributed by atoms with E-state index < -0.39 is 23.7 Å². The zero-order chi connectivity index (χ0) is 13.1. The lowest BCUT2D eigenvalue weighted by molar-refractivity contribution is -0.149. The van der Waals surface area contributed by atoms with E-state index in [-0.39, 0.29) is 18.5 Å². The average Bonchev–Trinajstić information content (AvgIpc) is 2.79. The van der Waals surface area contributed by atoms with Crippen LogP contribution in [0.5, 0.6) is 5.75 Å². The van der Waals surface area contributed by atoms with Crippen LogP contribution in [0.25, 0.3) is 0 Å². The van der Waals surface area contributed by atoms with Gasteiger partial charge >= 0.3 is 5.97 Å². The Kier molecular flexibility index (Phi) is 3.76. The third-order valence-electron chi connectivity index (χ3n) is 2.71. The molecule has 0 spiro atoms. The largest absolute Gasteiger partial charge is 0.491 e. The third kappa shape index (κ3) is 2.95. The molecule has 1 saturated heterocycles. The molecule has 1 aromatic rings. The fourth-order valence-corrected chi connectivity index (χ4v) is 1.77. The molecule has 1 heterocycles. The molecule has 0 saturated carbocycles. The zero-order valence-electron chi connectivity index (χ0n) is 9.44. The minimum Gasteiger partial charge on any atom is -0.491 e. The second-order valence-electron chi connectivity index (χ2n) is 4.05. The molecule has 1 aliphatic heterocycles. The van der Waals surface area contributed by atoms with Crippen molar-refractivity contribution < 1.29 is 28.2 Å². The monoisotopic (exact) mass is 258 g/mol. The maximum Gasteiger partial charge on any atom is 0.332 e. The summed E-state index contributed by atoms with van der Waals surface area (Å²) < 4.78 is 36.0. The van der Waals surface area contributed by atoms with Crippen molar-refractivity contribution in [2.24, 2.45) is 0 Å². The van der Waals surface area contributed by atoms with Gasteiger partial charge in [0, 0.05) is 6.07 Å². The van der Waals surface area contributed by atoms with Crippen molar-refractivity contribution in [1.82, 2.24) is 0 Å². The first-order chi connectivity index (χ1) is 8.56. The smallest absolute Gasteiger partial charge is 0.332 e. The minimum atomic E-state index is -0.995. The normalized spacial score (nSPS) is 23.0. The van der Waals surface area contributed by atoms with Crippen molar-refractivity contribution in [1.29, 1.82) is 0 Å². The summed E-state index contributed by atoms with van der Waals surface area (Å²) in [5, 5.41) is 8.73. The van der Waals surface area contributed by atoms with Crippen LogP contribution in [0.1, 0.15) is 12.8 Å². The summed E-state index contributed by atoms with van der Waals surface area (Å²) in [6.45, 7) is 0.120. The van der Waals surface area contributed by atoms with E-state index in [9.17, 15) is 13.6 Å². The molecule has 1 aromatic carbocycles. The maximum atomic E-state index is 12.9. The Morgan fingerprint density at radius 3 is 2.78 bits per heavy atom. The number of ether oxygens (including phenoxy) is 2. The van der Waals surface area contributed by atoms with Gasteiger partial charge in [-0.1, -0.05) is 0 Å². The quantitative estimate of drug-likeness (QED) is 0.897. The SMILES string of the molecule is O=C(O)C1CCC(COc2ccc(F)c(F)c2)O1. The number of benzene rings is 1. The highest BCUT2D eigenvalue weighted by atomic mass is 19.2. The Labute approximate surface area is 102 Å². The van der Waals surface area contributed by atoms with Gasteiger partial charge in [-0.3, -0.25) is 0 Å². The molecule has 0 aromatic heterocycles. The third-order valence-corrected chi connectivity index (χ3v) is 2.71. The van der Waals surface area contributed by atoms with Crippen LogP contribution in [0.3, 0.4) is 0 Å². The van der Waals surface area contributed by atoms with Gasteiger partial charge in [0.05, 0.1) is 6.10 Å². The molecule has 2 rings (SSSR count).